The smallest absolute Gasteiger partial charge is 0.246 e. The fourth-order valence-corrected chi connectivity index (χ4v) is 1.50. The summed E-state index contributed by atoms with van der Waals surface area (Å²) in [6.07, 6.45) is 5.03. The second-order valence-corrected chi connectivity index (χ2v) is 3.20. The first-order chi connectivity index (χ1) is 6.81. The molecule has 0 radical (unpaired) electrons. The Morgan fingerprint density at radius 3 is 3.21 bits per heavy atom. The predicted molar refractivity (Wildman–Crippen MR) is 50.3 cm³/mol. The first kappa shape index (κ1) is 8.93. The summed E-state index contributed by atoms with van der Waals surface area (Å²) in [6, 6.07) is 0. The summed E-state index contributed by atoms with van der Waals surface area (Å²) in [5.74, 6) is 0.899. The number of hydrogen-bond donors (Lipinski definition) is 0. The Balaban J connectivity index is 2.11. The summed E-state index contributed by atoms with van der Waals surface area (Å²) in [5.41, 5.74) is 0. The molecule has 1 aliphatic heterocycles. The Bertz CT molecular complexity index is 369. The van der Waals surface area contributed by atoms with E-state index in [1.807, 2.05) is 11.5 Å². The van der Waals surface area contributed by atoms with Gasteiger partial charge < -0.3 is 9.47 Å². The lowest BCUT2D eigenvalue weighted by molar-refractivity contribution is -0.127. The molecule has 0 N–H and O–H groups in total. The van der Waals surface area contributed by atoms with Gasteiger partial charge in [-0.25, -0.2) is 0 Å². The van der Waals surface area contributed by atoms with Gasteiger partial charge in [-0.3, -0.25) is 4.79 Å². The van der Waals surface area contributed by atoms with Crippen molar-refractivity contribution >= 4 is 5.91 Å². The molecule has 74 valence electrons. The van der Waals surface area contributed by atoms with Crippen LogP contribution in [0.4, 0.5) is 0 Å². The fourth-order valence-electron chi connectivity index (χ4n) is 1.50. The highest BCUT2D eigenvalue weighted by Crippen LogP contribution is 2.09. The zero-order chi connectivity index (χ0) is 9.97. The molecule has 2 rings (SSSR count). The molecular weight excluding hydrogens is 180 g/mol. The molecule has 5 nitrogen and oxygen atoms in total. The van der Waals surface area contributed by atoms with Gasteiger partial charge in [-0.05, 0) is 13.0 Å². The van der Waals surface area contributed by atoms with Crippen LogP contribution in [-0.4, -0.2) is 32.1 Å². The summed E-state index contributed by atoms with van der Waals surface area (Å²) in [7, 11) is 0. The number of fused-ring (bicyclic) bond motifs is 1. The van der Waals surface area contributed by atoms with Gasteiger partial charge in [0, 0.05) is 13.1 Å². The minimum Gasteiger partial charge on any atom is -0.330 e. The molecule has 1 aromatic rings. The van der Waals surface area contributed by atoms with Gasteiger partial charge in [-0.1, -0.05) is 6.08 Å². The van der Waals surface area contributed by atoms with Crippen molar-refractivity contribution in [1.82, 2.24) is 19.7 Å². The van der Waals surface area contributed by atoms with E-state index >= 15 is 0 Å². The van der Waals surface area contributed by atoms with Crippen LogP contribution >= 0.6 is 0 Å². The molecule has 0 fully saturated rings. The highest BCUT2D eigenvalue weighted by molar-refractivity contribution is 5.87. The topological polar surface area (TPSA) is 51.0 Å². The minimum atomic E-state index is 0.0433. The maximum Gasteiger partial charge on any atom is 0.246 e. The number of amides is 1. The number of carbonyl (C=O) groups is 1. The van der Waals surface area contributed by atoms with Crippen molar-refractivity contribution in [2.45, 2.75) is 20.0 Å². The van der Waals surface area contributed by atoms with Crippen LogP contribution in [0, 0.1) is 0 Å². The van der Waals surface area contributed by atoms with Gasteiger partial charge in [-0.15, -0.1) is 10.2 Å². The molecular formula is C9H12N4O. The van der Waals surface area contributed by atoms with Gasteiger partial charge in [0.15, 0.2) is 5.82 Å². The first-order valence-electron chi connectivity index (χ1n) is 4.59. The van der Waals surface area contributed by atoms with Crippen LogP contribution in [0.25, 0.3) is 0 Å². The molecule has 0 aliphatic carbocycles. The van der Waals surface area contributed by atoms with Crippen molar-refractivity contribution in [3.63, 3.8) is 0 Å². The van der Waals surface area contributed by atoms with Crippen molar-refractivity contribution in [2.75, 3.05) is 6.54 Å². The molecule has 1 aromatic heterocycles. The zero-order valence-corrected chi connectivity index (χ0v) is 8.05. The second-order valence-electron chi connectivity index (χ2n) is 3.20. The third-order valence-corrected chi connectivity index (χ3v) is 2.26. The minimum absolute atomic E-state index is 0.0433. The summed E-state index contributed by atoms with van der Waals surface area (Å²) in [6.45, 7) is 3.91. The van der Waals surface area contributed by atoms with Crippen molar-refractivity contribution in [1.29, 1.82) is 0 Å². The maximum atomic E-state index is 11.5. The highest BCUT2D eigenvalue weighted by atomic mass is 16.2. The molecule has 2 heterocycles. The highest BCUT2D eigenvalue weighted by Gasteiger charge is 2.19. The van der Waals surface area contributed by atoms with Gasteiger partial charge in [0.1, 0.15) is 6.33 Å². The number of allylic oxidation sites excluding steroid dienone is 1. The molecule has 5 heteroatoms. The third kappa shape index (κ3) is 1.53. The third-order valence-electron chi connectivity index (χ3n) is 2.26. The fraction of sp³-hybridized carbons (Fsp3) is 0.444. The Labute approximate surface area is 82.0 Å². The summed E-state index contributed by atoms with van der Waals surface area (Å²) in [5, 5.41) is 7.75. The lowest BCUT2D eigenvalue weighted by Gasteiger charge is -2.25. The molecule has 0 unspecified atom stereocenters. The van der Waals surface area contributed by atoms with Gasteiger partial charge in [0.05, 0.1) is 6.54 Å². The van der Waals surface area contributed by atoms with Crippen LogP contribution in [0.3, 0.4) is 0 Å². The number of hydrogen-bond acceptors (Lipinski definition) is 3. The predicted octanol–water partition coefficient (Wildman–Crippen LogP) is 0.196. The quantitative estimate of drug-likeness (QED) is 0.597. The van der Waals surface area contributed by atoms with E-state index in [0.29, 0.717) is 6.54 Å². The Hall–Kier alpha value is -1.65. The Morgan fingerprint density at radius 1 is 1.57 bits per heavy atom. The lowest BCUT2D eigenvalue weighted by Crippen LogP contribution is -2.37. The van der Waals surface area contributed by atoms with E-state index in [2.05, 4.69) is 10.2 Å². The average molecular weight is 192 g/mol. The normalized spacial score (nSPS) is 15.9. The van der Waals surface area contributed by atoms with Crippen LogP contribution in [0.5, 0.6) is 0 Å². The SMILES string of the molecule is CC=CC(=O)N1CCn2cnnc2C1. The van der Waals surface area contributed by atoms with E-state index in [-0.39, 0.29) is 5.91 Å². The molecule has 0 aromatic carbocycles. The molecule has 1 amide bonds. The number of carbonyl (C=O) groups excluding carboxylic acids is 1. The molecule has 0 atom stereocenters. The summed E-state index contributed by atoms with van der Waals surface area (Å²) in [4.78, 5) is 13.3. The van der Waals surface area contributed by atoms with Crippen LogP contribution < -0.4 is 0 Å². The van der Waals surface area contributed by atoms with E-state index in [9.17, 15) is 4.79 Å². The van der Waals surface area contributed by atoms with Gasteiger partial charge in [0.2, 0.25) is 5.91 Å². The van der Waals surface area contributed by atoms with Crippen LogP contribution in [0.1, 0.15) is 12.7 Å². The summed E-state index contributed by atoms with van der Waals surface area (Å²) < 4.78 is 1.97. The molecule has 0 saturated heterocycles. The number of nitrogens with zero attached hydrogens (tertiary/aromatic N) is 4. The lowest BCUT2D eigenvalue weighted by atomic mass is 10.3. The number of rotatable bonds is 1. The number of aromatic nitrogens is 3. The van der Waals surface area contributed by atoms with Crippen molar-refractivity contribution in [3.05, 3.63) is 24.3 Å². The maximum absolute atomic E-state index is 11.5. The van der Waals surface area contributed by atoms with Crippen LogP contribution in [0.15, 0.2) is 18.5 Å². The molecule has 0 spiro atoms. The van der Waals surface area contributed by atoms with E-state index in [1.54, 1.807) is 23.4 Å². The monoisotopic (exact) mass is 192 g/mol. The average Bonchev–Trinajstić information content (AvgIpc) is 2.64. The van der Waals surface area contributed by atoms with Gasteiger partial charge >= 0.3 is 0 Å². The van der Waals surface area contributed by atoms with Gasteiger partial charge in [-0.2, -0.15) is 0 Å². The van der Waals surface area contributed by atoms with Crippen LogP contribution in [-0.2, 0) is 17.9 Å². The standard InChI is InChI=1S/C9H12N4O/c1-2-3-9(14)12-4-5-13-7-10-11-8(13)6-12/h2-3,7H,4-6H2,1H3. The zero-order valence-electron chi connectivity index (χ0n) is 8.05. The van der Waals surface area contributed by atoms with E-state index in [1.165, 1.54) is 0 Å². The Kier molecular flexibility index (Phi) is 2.30. The summed E-state index contributed by atoms with van der Waals surface area (Å²) >= 11 is 0. The van der Waals surface area contributed by atoms with E-state index in [0.717, 1.165) is 18.9 Å². The van der Waals surface area contributed by atoms with E-state index in [4.69, 9.17) is 0 Å². The van der Waals surface area contributed by atoms with Crippen molar-refractivity contribution in [3.8, 4) is 0 Å². The van der Waals surface area contributed by atoms with Crippen molar-refractivity contribution in [2.24, 2.45) is 0 Å². The van der Waals surface area contributed by atoms with E-state index < -0.39 is 0 Å². The van der Waals surface area contributed by atoms with Crippen LogP contribution in [0.2, 0.25) is 0 Å². The van der Waals surface area contributed by atoms with Crippen molar-refractivity contribution < 1.29 is 4.79 Å². The molecule has 1 aliphatic rings. The molecule has 0 saturated carbocycles. The second kappa shape index (κ2) is 3.61. The first-order valence-corrected chi connectivity index (χ1v) is 4.59. The molecule has 14 heavy (non-hydrogen) atoms. The van der Waals surface area contributed by atoms with Gasteiger partial charge in [0.25, 0.3) is 0 Å². The largest absolute Gasteiger partial charge is 0.330 e. The molecule has 0 bridgehead atoms. The Morgan fingerprint density at radius 2 is 2.43 bits per heavy atom.